The number of carboxylic acids is 1. The molecule has 3 aromatic carbocycles. The van der Waals surface area contributed by atoms with Crippen molar-refractivity contribution in [3.8, 4) is 17.2 Å². The number of nitriles is 1. The van der Waals surface area contributed by atoms with Gasteiger partial charge in [0.05, 0.1) is 34.1 Å². The van der Waals surface area contributed by atoms with E-state index in [9.17, 15) is 23.9 Å². The van der Waals surface area contributed by atoms with Gasteiger partial charge in [0.15, 0.2) is 0 Å². The molecule has 7 nitrogen and oxygen atoms in total. The van der Waals surface area contributed by atoms with Crippen molar-refractivity contribution in [1.82, 2.24) is 4.98 Å². The Hall–Kier alpha value is -4.06. The minimum Gasteiger partial charge on any atom is -0.478 e. The van der Waals surface area contributed by atoms with Crippen LogP contribution >= 0.6 is 0 Å². The van der Waals surface area contributed by atoms with E-state index in [1.54, 1.807) is 48.5 Å². The highest BCUT2D eigenvalue weighted by Crippen LogP contribution is 2.40. The lowest BCUT2D eigenvalue weighted by Gasteiger charge is -2.25. The third-order valence-electron chi connectivity index (χ3n) is 5.76. The summed E-state index contributed by atoms with van der Waals surface area (Å²) in [5.41, 5.74) is 3.66. The summed E-state index contributed by atoms with van der Waals surface area (Å²) >= 11 is -2.43. The molecule has 0 radical (unpaired) electrons. The highest BCUT2D eigenvalue weighted by atomic mass is 32.2. The van der Waals surface area contributed by atoms with Crippen molar-refractivity contribution < 1.29 is 18.7 Å². The minimum absolute atomic E-state index is 0.0442. The van der Waals surface area contributed by atoms with Crippen LogP contribution in [-0.4, -0.2) is 24.8 Å². The van der Waals surface area contributed by atoms with E-state index in [0.29, 0.717) is 33.5 Å². The largest absolute Gasteiger partial charge is 0.478 e. The van der Waals surface area contributed by atoms with Crippen LogP contribution in [0.5, 0.6) is 0 Å². The first kappa shape index (κ1) is 24.1. The number of nitrogens with zero attached hydrogens (tertiary/aromatic N) is 3. The number of aromatic nitrogens is 1. The Morgan fingerprint density at radius 1 is 1.03 bits per heavy atom. The molecular weight excluding hydrogens is 462 g/mol. The Bertz CT molecular complexity index is 1500. The maximum absolute atomic E-state index is 12.6. The Morgan fingerprint density at radius 3 is 2.34 bits per heavy atom. The van der Waals surface area contributed by atoms with E-state index in [1.807, 2.05) is 12.1 Å². The van der Waals surface area contributed by atoms with Gasteiger partial charge in [-0.15, -0.1) is 0 Å². The van der Waals surface area contributed by atoms with Crippen molar-refractivity contribution in [2.24, 2.45) is 0 Å². The van der Waals surface area contributed by atoms with Crippen LogP contribution < -0.4 is 4.31 Å². The number of hydrogen-bond acceptors (Lipinski definition) is 4. The number of hydrogen-bond donors (Lipinski definition) is 2. The average molecular weight is 486 g/mol. The van der Waals surface area contributed by atoms with Gasteiger partial charge in [0.1, 0.15) is 0 Å². The minimum atomic E-state index is -2.43. The molecule has 0 spiro atoms. The fourth-order valence-electron chi connectivity index (χ4n) is 3.99. The zero-order valence-corrected chi connectivity index (χ0v) is 20.2. The van der Waals surface area contributed by atoms with Crippen molar-refractivity contribution in [2.45, 2.75) is 26.2 Å². The van der Waals surface area contributed by atoms with Crippen molar-refractivity contribution in [3.63, 3.8) is 0 Å². The molecule has 1 atom stereocenters. The van der Waals surface area contributed by atoms with Gasteiger partial charge in [-0.2, -0.15) is 5.26 Å². The highest BCUT2D eigenvalue weighted by molar-refractivity contribution is 7.81. The summed E-state index contributed by atoms with van der Waals surface area (Å²) in [7, 11) is 0. The van der Waals surface area contributed by atoms with Crippen LogP contribution in [-0.2, 0) is 16.7 Å². The fraction of sp³-hybridized carbons (Fsp3) is 0.148. The number of pyridine rings is 1. The van der Waals surface area contributed by atoms with E-state index in [4.69, 9.17) is 0 Å². The predicted molar refractivity (Wildman–Crippen MR) is 137 cm³/mol. The Kier molecular flexibility index (Phi) is 6.39. The van der Waals surface area contributed by atoms with Crippen LogP contribution in [0.3, 0.4) is 0 Å². The first-order valence-electron chi connectivity index (χ1n) is 10.8. The number of anilines is 2. The summed E-state index contributed by atoms with van der Waals surface area (Å²) in [6.45, 7) is 6.26. The van der Waals surface area contributed by atoms with Crippen LogP contribution in [0.1, 0.15) is 42.3 Å². The lowest BCUT2D eigenvalue weighted by atomic mass is 9.87. The Labute approximate surface area is 205 Å². The average Bonchev–Trinajstić information content (AvgIpc) is 2.83. The summed E-state index contributed by atoms with van der Waals surface area (Å²) in [5.74, 6) is -1.11. The summed E-state index contributed by atoms with van der Waals surface area (Å²) in [6, 6.07) is 20.8. The molecule has 1 unspecified atom stereocenters. The molecule has 8 heteroatoms. The molecule has 4 rings (SSSR count). The highest BCUT2D eigenvalue weighted by Gasteiger charge is 2.23. The maximum atomic E-state index is 12.6. The molecular formula is C27H23N3O4S. The van der Waals surface area contributed by atoms with Crippen molar-refractivity contribution in [2.75, 3.05) is 4.31 Å². The van der Waals surface area contributed by atoms with Gasteiger partial charge >= 0.3 is 5.97 Å². The summed E-state index contributed by atoms with van der Waals surface area (Å²) < 4.78 is 24.2. The molecule has 1 aromatic heterocycles. The Balaban J connectivity index is 1.98. The number of carbonyl (C=O) groups is 1. The van der Waals surface area contributed by atoms with Gasteiger partial charge in [0.25, 0.3) is 11.3 Å². The van der Waals surface area contributed by atoms with Crippen LogP contribution in [0.15, 0.2) is 72.9 Å². The predicted octanol–water partition coefficient (Wildman–Crippen LogP) is 6.04. The van der Waals surface area contributed by atoms with Gasteiger partial charge < -0.3 is 5.11 Å². The Morgan fingerprint density at radius 2 is 1.74 bits per heavy atom. The number of aromatic carboxylic acids is 1. The van der Waals surface area contributed by atoms with Crippen molar-refractivity contribution in [3.05, 3.63) is 89.6 Å². The zero-order chi connectivity index (χ0) is 25.3. The van der Waals surface area contributed by atoms with Crippen molar-refractivity contribution >= 4 is 39.5 Å². The number of fused-ring (bicyclic) bond motifs is 1. The second kappa shape index (κ2) is 9.29. The summed E-state index contributed by atoms with van der Waals surface area (Å²) in [6.07, 6.45) is 1.51. The first-order valence-corrected chi connectivity index (χ1v) is 11.9. The molecule has 2 N–H and O–H groups in total. The van der Waals surface area contributed by atoms with Gasteiger partial charge in [0, 0.05) is 17.1 Å². The van der Waals surface area contributed by atoms with E-state index in [-0.39, 0.29) is 16.5 Å². The smallest absolute Gasteiger partial charge is 0.337 e. The van der Waals surface area contributed by atoms with Gasteiger partial charge in [-0.05, 0) is 59.0 Å². The molecule has 176 valence electrons. The second-order valence-electron chi connectivity index (χ2n) is 9.03. The summed E-state index contributed by atoms with van der Waals surface area (Å²) in [5, 5.41) is 19.7. The van der Waals surface area contributed by atoms with Gasteiger partial charge in [-0.1, -0.05) is 45.0 Å². The van der Waals surface area contributed by atoms with E-state index in [1.165, 1.54) is 16.6 Å². The van der Waals surface area contributed by atoms with Crippen molar-refractivity contribution in [1.29, 1.82) is 5.26 Å². The molecule has 0 amide bonds. The molecule has 0 aliphatic rings. The maximum Gasteiger partial charge on any atom is 0.337 e. The molecule has 0 saturated heterocycles. The molecule has 1 heterocycles. The van der Waals surface area contributed by atoms with Gasteiger partial charge in [-0.3, -0.25) is 9.54 Å². The number of benzene rings is 3. The van der Waals surface area contributed by atoms with E-state index in [2.05, 4.69) is 31.8 Å². The monoisotopic (exact) mass is 485 g/mol. The number of carboxylic acid groups (broad SMARTS) is 1. The van der Waals surface area contributed by atoms with Gasteiger partial charge in [-0.25, -0.2) is 13.3 Å². The quantitative estimate of drug-likeness (QED) is 0.333. The molecule has 0 saturated carbocycles. The molecule has 0 fully saturated rings. The normalized spacial score (nSPS) is 12.2. The van der Waals surface area contributed by atoms with Crippen LogP contribution in [0, 0.1) is 11.3 Å². The SMILES string of the molecule is CC(C)(C)c1ccc(N(c2ccc(C#N)cc2-c2ccc(C(=O)O)c3ncccc23)S(=O)O)cc1. The molecule has 4 aromatic rings. The van der Waals surface area contributed by atoms with Crippen LogP contribution in [0.2, 0.25) is 0 Å². The zero-order valence-electron chi connectivity index (χ0n) is 19.4. The first-order chi connectivity index (χ1) is 16.6. The summed E-state index contributed by atoms with van der Waals surface area (Å²) in [4.78, 5) is 16.0. The number of rotatable bonds is 5. The van der Waals surface area contributed by atoms with E-state index in [0.717, 1.165) is 5.56 Å². The lowest BCUT2D eigenvalue weighted by molar-refractivity contribution is 0.0699. The standard InChI is InChI=1S/C27H23N3O4S/c1-27(2,3)18-7-9-19(10-8-18)30(35(33)34)24-13-6-17(16-28)15-23(24)20-11-12-22(26(31)32)25-21(20)5-4-14-29-25/h4-15H,1-3H3,(H,31,32)(H,33,34). The molecule has 0 aliphatic carbocycles. The van der Waals surface area contributed by atoms with E-state index >= 15 is 0 Å². The third-order valence-corrected chi connectivity index (χ3v) is 6.48. The van der Waals surface area contributed by atoms with Crippen LogP contribution in [0.4, 0.5) is 11.4 Å². The topological polar surface area (TPSA) is 115 Å². The molecule has 0 aliphatic heterocycles. The second-order valence-corrected chi connectivity index (χ2v) is 9.86. The van der Waals surface area contributed by atoms with E-state index < -0.39 is 17.2 Å². The van der Waals surface area contributed by atoms with Crippen LogP contribution in [0.25, 0.3) is 22.0 Å². The molecule has 35 heavy (non-hydrogen) atoms. The molecule has 0 bridgehead atoms. The third kappa shape index (κ3) is 4.64. The lowest BCUT2D eigenvalue weighted by Crippen LogP contribution is -2.20. The van der Waals surface area contributed by atoms with Gasteiger partial charge in [0.2, 0.25) is 0 Å². The fourth-order valence-corrected chi connectivity index (χ4v) is 4.62.